The van der Waals surface area contributed by atoms with E-state index in [0.717, 1.165) is 11.5 Å². The summed E-state index contributed by atoms with van der Waals surface area (Å²) in [5, 5.41) is 1.89. The fourth-order valence-electron chi connectivity index (χ4n) is 1.05. The zero-order valence-electron chi connectivity index (χ0n) is 6.97. The van der Waals surface area contributed by atoms with E-state index >= 15 is 0 Å². The van der Waals surface area contributed by atoms with Crippen molar-refractivity contribution < 1.29 is 0 Å². The molecule has 2 rings (SSSR count). The molecular weight excluding hydrogens is 154 g/mol. The third-order valence-corrected chi connectivity index (χ3v) is 1.63. The Kier molecular flexibility index (Phi) is 1.43. The van der Waals surface area contributed by atoms with Gasteiger partial charge in [-0.1, -0.05) is 0 Å². The minimum atomic E-state index is 0.811. The molecular formula is C7H9N5. The maximum Gasteiger partial charge on any atom is 0.182 e. The summed E-state index contributed by atoms with van der Waals surface area (Å²) in [6, 6.07) is 0. The molecule has 0 aromatic heterocycles. The first-order valence-corrected chi connectivity index (χ1v) is 3.59. The maximum atomic E-state index is 4.11. The molecule has 5 heteroatoms. The van der Waals surface area contributed by atoms with E-state index in [9.17, 15) is 0 Å². The molecule has 0 radical (unpaired) electrons. The van der Waals surface area contributed by atoms with Crippen LogP contribution in [0.5, 0.6) is 0 Å². The number of nitrogens with zero attached hydrogens (tertiary/aromatic N) is 5. The van der Waals surface area contributed by atoms with Crippen LogP contribution in [0.2, 0.25) is 0 Å². The van der Waals surface area contributed by atoms with E-state index in [1.165, 1.54) is 6.33 Å². The van der Waals surface area contributed by atoms with E-state index in [2.05, 4.69) is 15.0 Å². The van der Waals surface area contributed by atoms with E-state index in [1.807, 2.05) is 23.8 Å². The van der Waals surface area contributed by atoms with Crippen molar-refractivity contribution in [1.29, 1.82) is 0 Å². The molecule has 0 aromatic carbocycles. The van der Waals surface area contributed by atoms with Crippen LogP contribution in [-0.4, -0.2) is 33.7 Å². The van der Waals surface area contributed by atoms with Crippen molar-refractivity contribution in [1.82, 2.24) is 19.6 Å². The molecule has 2 aliphatic heterocycles. The first-order chi connectivity index (χ1) is 5.79. The molecule has 2 aliphatic rings. The SMILES string of the molecule is CN(C)n1cncc2ncnc1-2. The Hall–Kier alpha value is -1.65. The van der Waals surface area contributed by atoms with Crippen molar-refractivity contribution in [3.05, 3.63) is 18.9 Å². The van der Waals surface area contributed by atoms with Crippen LogP contribution in [-0.2, 0) is 0 Å². The average molecular weight is 163 g/mol. The van der Waals surface area contributed by atoms with Crippen LogP contribution in [0.3, 0.4) is 0 Å². The lowest BCUT2D eigenvalue weighted by molar-refractivity contribution is 0.704. The Balaban J connectivity index is 2.63. The molecule has 0 saturated carbocycles. The van der Waals surface area contributed by atoms with Gasteiger partial charge in [-0.2, -0.15) is 0 Å². The normalized spacial score (nSPS) is 10.5. The smallest absolute Gasteiger partial charge is 0.182 e. The second kappa shape index (κ2) is 2.44. The van der Waals surface area contributed by atoms with Gasteiger partial charge in [0.05, 0.1) is 6.20 Å². The van der Waals surface area contributed by atoms with Gasteiger partial charge in [-0.3, -0.25) is 0 Å². The van der Waals surface area contributed by atoms with Crippen LogP contribution in [0.1, 0.15) is 0 Å². The standard InChI is InChI=1S/C7H9N5/c1-11(2)12-5-8-3-6-7(12)10-4-9-6/h3-5H,1-2H3. The van der Waals surface area contributed by atoms with Gasteiger partial charge in [0.25, 0.3) is 0 Å². The first kappa shape index (κ1) is 7.02. The highest BCUT2D eigenvalue weighted by Crippen LogP contribution is 2.13. The maximum absolute atomic E-state index is 4.11. The van der Waals surface area contributed by atoms with Crippen LogP contribution in [0.15, 0.2) is 18.9 Å². The van der Waals surface area contributed by atoms with Gasteiger partial charge >= 0.3 is 0 Å². The number of rotatable bonds is 1. The molecule has 0 unspecified atom stereocenters. The highest BCUT2D eigenvalue weighted by atomic mass is 15.5. The van der Waals surface area contributed by atoms with Gasteiger partial charge in [-0.15, -0.1) is 0 Å². The fraction of sp³-hybridized carbons (Fsp3) is 0.286. The highest BCUT2D eigenvalue weighted by Gasteiger charge is 2.09. The minimum Gasteiger partial charge on any atom is -0.316 e. The largest absolute Gasteiger partial charge is 0.316 e. The number of aromatic nitrogens is 4. The summed E-state index contributed by atoms with van der Waals surface area (Å²) >= 11 is 0. The van der Waals surface area contributed by atoms with Crippen molar-refractivity contribution in [2.75, 3.05) is 19.1 Å². The summed E-state index contributed by atoms with van der Waals surface area (Å²) < 4.78 is 1.84. The van der Waals surface area contributed by atoms with Gasteiger partial charge < -0.3 is 5.01 Å². The summed E-state index contributed by atoms with van der Waals surface area (Å²) in [7, 11) is 3.85. The molecule has 62 valence electrons. The van der Waals surface area contributed by atoms with Crippen LogP contribution in [0, 0.1) is 0 Å². The number of hydrogen-bond acceptors (Lipinski definition) is 4. The van der Waals surface area contributed by atoms with Gasteiger partial charge in [0.15, 0.2) is 5.82 Å². The summed E-state index contributed by atoms with van der Waals surface area (Å²) in [6.07, 6.45) is 4.94. The Morgan fingerprint density at radius 3 is 2.92 bits per heavy atom. The zero-order valence-corrected chi connectivity index (χ0v) is 6.97. The van der Waals surface area contributed by atoms with Crippen molar-refractivity contribution in [2.45, 2.75) is 0 Å². The average Bonchev–Trinajstić information content (AvgIpc) is 2.49. The molecule has 0 amide bonds. The number of imidazole rings is 1. The molecule has 0 bridgehead atoms. The fourth-order valence-corrected chi connectivity index (χ4v) is 1.05. The summed E-state index contributed by atoms with van der Waals surface area (Å²) in [6.45, 7) is 0. The van der Waals surface area contributed by atoms with Crippen LogP contribution >= 0.6 is 0 Å². The molecule has 0 N–H and O–H groups in total. The lowest BCUT2D eigenvalue weighted by Gasteiger charge is -2.17. The van der Waals surface area contributed by atoms with Gasteiger partial charge in [0.2, 0.25) is 0 Å². The van der Waals surface area contributed by atoms with Gasteiger partial charge in [0.1, 0.15) is 18.3 Å². The Morgan fingerprint density at radius 2 is 2.17 bits per heavy atom. The molecule has 0 aliphatic carbocycles. The molecule has 2 heterocycles. The van der Waals surface area contributed by atoms with Crippen molar-refractivity contribution in [3.63, 3.8) is 0 Å². The monoisotopic (exact) mass is 163 g/mol. The van der Waals surface area contributed by atoms with Gasteiger partial charge in [-0.05, 0) is 0 Å². The first-order valence-electron chi connectivity index (χ1n) is 3.59. The van der Waals surface area contributed by atoms with E-state index < -0.39 is 0 Å². The Morgan fingerprint density at radius 1 is 1.33 bits per heavy atom. The zero-order chi connectivity index (χ0) is 8.55. The predicted octanol–water partition coefficient (Wildman–Crippen LogP) is -0.0245. The van der Waals surface area contributed by atoms with Crippen molar-refractivity contribution in [3.8, 4) is 11.5 Å². The van der Waals surface area contributed by atoms with Crippen molar-refractivity contribution in [2.24, 2.45) is 0 Å². The third kappa shape index (κ3) is 0.903. The number of fused-ring (bicyclic) bond motifs is 1. The molecule has 12 heavy (non-hydrogen) atoms. The lowest BCUT2D eigenvalue weighted by Crippen LogP contribution is -2.26. The summed E-state index contributed by atoms with van der Waals surface area (Å²) in [4.78, 5) is 12.2. The summed E-state index contributed by atoms with van der Waals surface area (Å²) in [5.74, 6) is 0.829. The molecule has 0 fully saturated rings. The Bertz CT molecular complexity index is 353. The van der Waals surface area contributed by atoms with Gasteiger partial charge in [0, 0.05) is 14.1 Å². The van der Waals surface area contributed by atoms with Gasteiger partial charge in [-0.25, -0.2) is 19.6 Å². The molecule has 5 nitrogen and oxygen atoms in total. The van der Waals surface area contributed by atoms with Crippen LogP contribution in [0.4, 0.5) is 0 Å². The van der Waals surface area contributed by atoms with Crippen LogP contribution < -0.4 is 5.01 Å². The Labute approximate surface area is 70.0 Å². The minimum absolute atomic E-state index is 0.811. The van der Waals surface area contributed by atoms with Crippen LogP contribution in [0.25, 0.3) is 11.5 Å². The molecule has 0 aromatic rings. The predicted molar refractivity (Wildman–Crippen MR) is 44.5 cm³/mol. The third-order valence-electron chi connectivity index (χ3n) is 1.63. The molecule has 0 saturated heterocycles. The van der Waals surface area contributed by atoms with E-state index in [1.54, 1.807) is 12.5 Å². The lowest BCUT2D eigenvalue weighted by atomic mass is 10.4. The second-order valence-corrected chi connectivity index (χ2v) is 2.67. The highest BCUT2D eigenvalue weighted by molar-refractivity contribution is 5.49. The quantitative estimate of drug-likeness (QED) is 0.592. The second-order valence-electron chi connectivity index (χ2n) is 2.67. The van der Waals surface area contributed by atoms with E-state index in [-0.39, 0.29) is 0 Å². The molecule has 0 spiro atoms. The molecule has 0 atom stereocenters. The topological polar surface area (TPSA) is 46.8 Å². The van der Waals surface area contributed by atoms with E-state index in [0.29, 0.717) is 0 Å². The summed E-state index contributed by atoms with van der Waals surface area (Å²) in [5.41, 5.74) is 0.811. The number of hydrogen-bond donors (Lipinski definition) is 0. The van der Waals surface area contributed by atoms with Crippen molar-refractivity contribution >= 4 is 0 Å². The van der Waals surface area contributed by atoms with E-state index in [4.69, 9.17) is 0 Å².